The van der Waals surface area contributed by atoms with Crippen molar-refractivity contribution in [3.63, 3.8) is 0 Å². The van der Waals surface area contributed by atoms with E-state index in [1.54, 1.807) is 182 Å². The summed E-state index contributed by atoms with van der Waals surface area (Å²) in [4.78, 5) is 158. The second kappa shape index (κ2) is 29.2. The van der Waals surface area contributed by atoms with E-state index in [9.17, 15) is 40.2 Å². The lowest BCUT2D eigenvalue weighted by molar-refractivity contribution is -0.166. The van der Waals surface area contributed by atoms with Gasteiger partial charge in [-0.1, -0.05) is 182 Å². The number of ketones is 4. The number of nitriles is 4. The van der Waals surface area contributed by atoms with Gasteiger partial charge in [-0.05, 0) is 162 Å². The Kier molecular flexibility index (Phi) is 18.7. The monoisotopic (exact) mass is 1460 g/mol. The first-order valence-corrected chi connectivity index (χ1v) is 34.7. The minimum atomic E-state index is -2.93. The molecule has 534 valence electrons. The fraction of sp³-hybridized carbons (Fsp3) is 0.0989. The van der Waals surface area contributed by atoms with Gasteiger partial charge in [0.2, 0.25) is 16.2 Å². The first-order chi connectivity index (χ1) is 54.0. The standard InChI is InChI=1S/C91H54N4O16/c92-43-61-33-69-70(34-62(61)44-93)80(97)73(79(69)96)39-65-31-59-37-77-67(41-75(59)89(65,83(100)106-47-53-19-7-1-8-20-53)84(101)107-48-54-21-9-2-10-22-54)68-42-76-60(38-78(68)91(77,87(104)110-51-57-27-15-5-16-28-57)88(105)111-52-58-29-17-6-18-30-58)32-66(40-74-81(98)71-35-63(45-94)64(46-95)36-72(71)82(74)99)90(76,85(102)108-49-55-23-11-3-12-24-55)86(103)109-50-56-25-13-4-14-26-56/h1-42H,47-52H2. The maximum Gasteiger partial charge on any atom is 0.333 e. The first kappa shape index (κ1) is 71.2. The van der Waals surface area contributed by atoms with Gasteiger partial charge in [-0.25, -0.2) is 0 Å². The maximum absolute atomic E-state index is 16.5. The van der Waals surface area contributed by atoms with Gasteiger partial charge in [-0.3, -0.25) is 47.9 Å². The number of Topliss-reactive ketones (excluding diaryl/α,β-unsaturated/α-hetero) is 4. The highest BCUT2D eigenvalue weighted by Gasteiger charge is 2.64. The molecule has 0 saturated carbocycles. The molecular formula is C91H54N4O16. The zero-order chi connectivity index (χ0) is 77.3. The molecule has 0 unspecified atom stereocenters. The molecular weight excluding hydrogens is 1410 g/mol. The molecule has 0 fully saturated rings. The van der Waals surface area contributed by atoms with E-state index in [4.69, 9.17) is 28.4 Å². The summed E-state index contributed by atoms with van der Waals surface area (Å²) in [5.74, 6) is -11.7. The predicted octanol–water partition coefficient (Wildman–Crippen LogP) is 13.2. The molecule has 20 heteroatoms. The SMILES string of the molecule is N#Cc1cc2c(cc1C#N)C(=O)C(=CC1=Cc3cc4c(cc3C1(C(=O)OCc1ccccc1)C(=O)OCc1ccccc1)-c1cc3c(cc1C4(C(=O)OCc1ccccc1)C(=O)OCc1ccccc1)C=C(C=C1C(=O)c4cc(C#N)c(C#N)cc4C1=O)C3(C(=O)OCc1ccccc1)C(=O)OCc1ccccc1)C2=O. The van der Waals surface area contributed by atoms with Gasteiger partial charge in [-0.2, -0.15) is 21.0 Å². The molecule has 111 heavy (non-hydrogen) atoms. The van der Waals surface area contributed by atoms with Crippen molar-refractivity contribution in [2.75, 3.05) is 0 Å². The molecule has 5 aliphatic rings. The number of hydrogen-bond acceptors (Lipinski definition) is 20. The lowest BCUT2D eigenvalue weighted by Gasteiger charge is -2.30. The number of ether oxygens (including phenoxy) is 6. The topological polar surface area (TPSA) is 321 Å². The van der Waals surface area contributed by atoms with Gasteiger partial charge in [0.25, 0.3) is 0 Å². The molecule has 0 aromatic heterocycles. The quantitative estimate of drug-likeness (QED) is 0.0225. The Morgan fingerprint density at radius 2 is 0.495 bits per heavy atom. The highest BCUT2D eigenvalue weighted by molar-refractivity contribution is 6.41. The highest BCUT2D eigenvalue weighted by atomic mass is 16.6. The van der Waals surface area contributed by atoms with Crippen LogP contribution in [0.2, 0.25) is 0 Å². The Morgan fingerprint density at radius 3 is 0.712 bits per heavy atom. The number of carbonyl (C=O) groups is 10. The molecule has 0 bridgehead atoms. The smallest absolute Gasteiger partial charge is 0.333 e. The van der Waals surface area contributed by atoms with Gasteiger partial charge < -0.3 is 28.4 Å². The summed E-state index contributed by atoms with van der Waals surface area (Å²) in [6, 6.07) is 67.5. The van der Waals surface area contributed by atoms with Crippen LogP contribution in [0.15, 0.2) is 265 Å². The number of esters is 6. The number of benzene rings is 10. The van der Waals surface area contributed by atoms with Crippen molar-refractivity contribution in [1.29, 1.82) is 21.0 Å². The molecule has 0 N–H and O–H groups in total. The fourth-order valence-corrected chi connectivity index (χ4v) is 14.8. The van der Waals surface area contributed by atoms with Gasteiger partial charge in [0, 0.05) is 22.3 Å². The van der Waals surface area contributed by atoms with Crippen molar-refractivity contribution in [3.8, 4) is 35.4 Å². The third-order valence-electron chi connectivity index (χ3n) is 20.2. The molecule has 10 aromatic rings. The van der Waals surface area contributed by atoms with Crippen LogP contribution in [-0.4, -0.2) is 58.9 Å². The lowest BCUT2D eigenvalue weighted by Crippen LogP contribution is -2.47. The largest absolute Gasteiger partial charge is 0.459 e. The van der Waals surface area contributed by atoms with E-state index in [0.29, 0.717) is 33.4 Å². The number of fused-ring (bicyclic) bond motifs is 7. The second-order valence-corrected chi connectivity index (χ2v) is 26.6. The fourth-order valence-electron chi connectivity index (χ4n) is 14.8. The van der Waals surface area contributed by atoms with Crippen molar-refractivity contribution >= 4 is 71.1 Å². The number of carbonyl (C=O) groups excluding carboxylic acids is 10. The zero-order valence-corrected chi connectivity index (χ0v) is 58.3. The molecule has 5 aliphatic carbocycles. The number of rotatable bonds is 20. The van der Waals surface area contributed by atoms with Crippen LogP contribution in [0.4, 0.5) is 0 Å². The van der Waals surface area contributed by atoms with E-state index >= 15 is 28.8 Å². The molecule has 0 heterocycles. The Balaban J connectivity index is 1.02. The van der Waals surface area contributed by atoms with Gasteiger partial charge in [-0.15, -0.1) is 0 Å². The van der Waals surface area contributed by atoms with Crippen LogP contribution >= 0.6 is 0 Å². The van der Waals surface area contributed by atoms with Gasteiger partial charge >= 0.3 is 35.8 Å². The molecule has 15 rings (SSSR count). The maximum atomic E-state index is 16.5. The summed E-state index contributed by atoms with van der Waals surface area (Å²) < 4.78 is 37.7. The van der Waals surface area contributed by atoms with Crippen molar-refractivity contribution in [1.82, 2.24) is 0 Å². The molecule has 0 amide bonds. The summed E-state index contributed by atoms with van der Waals surface area (Å²) in [5, 5.41) is 40.4. The molecule has 20 nitrogen and oxygen atoms in total. The summed E-state index contributed by atoms with van der Waals surface area (Å²) in [5.41, 5.74) is -11.8. The van der Waals surface area contributed by atoms with Crippen LogP contribution in [0.25, 0.3) is 23.3 Å². The Hall–Kier alpha value is -15.4. The van der Waals surface area contributed by atoms with Gasteiger partial charge in [0.05, 0.1) is 33.4 Å². The Morgan fingerprint density at radius 1 is 0.279 bits per heavy atom. The third kappa shape index (κ3) is 12.1. The normalized spacial score (nSPS) is 14.3. The van der Waals surface area contributed by atoms with Crippen molar-refractivity contribution in [3.05, 3.63) is 376 Å². The third-order valence-corrected chi connectivity index (χ3v) is 20.2. The lowest BCUT2D eigenvalue weighted by atomic mass is 9.73. The second-order valence-electron chi connectivity index (χ2n) is 26.6. The minimum Gasteiger partial charge on any atom is -0.459 e. The van der Waals surface area contributed by atoms with Crippen LogP contribution in [-0.2, 0) is 113 Å². The van der Waals surface area contributed by atoms with Crippen LogP contribution in [0.1, 0.15) is 130 Å². The predicted molar refractivity (Wildman–Crippen MR) is 395 cm³/mol. The molecule has 0 radical (unpaired) electrons. The van der Waals surface area contributed by atoms with Crippen LogP contribution in [0.3, 0.4) is 0 Å². The molecule has 0 saturated heterocycles. The van der Waals surface area contributed by atoms with E-state index in [-0.39, 0.29) is 89.0 Å². The molecule has 10 aromatic carbocycles. The van der Waals surface area contributed by atoms with Gasteiger partial charge in [0.1, 0.15) is 63.9 Å². The summed E-state index contributed by atoms with van der Waals surface area (Å²) in [6.45, 7) is -2.91. The summed E-state index contributed by atoms with van der Waals surface area (Å²) in [6.07, 6.45) is 4.59. The van der Waals surface area contributed by atoms with E-state index in [2.05, 4.69) is 0 Å². The Bertz CT molecular complexity index is 5440. The van der Waals surface area contributed by atoms with Crippen molar-refractivity contribution in [2.45, 2.75) is 55.9 Å². The number of nitrogens with zero attached hydrogens (tertiary/aromatic N) is 4. The van der Waals surface area contributed by atoms with E-state index < -0.39 is 137 Å². The average molecular weight is 1460 g/mol. The first-order valence-electron chi connectivity index (χ1n) is 34.7. The van der Waals surface area contributed by atoms with Crippen LogP contribution in [0.5, 0.6) is 0 Å². The summed E-state index contributed by atoms with van der Waals surface area (Å²) in [7, 11) is 0. The highest BCUT2D eigenvalue weighted by Crippen LogP contribution is 2.59. The number of hydrogen-bond donors (Lipinski definition) is 0. The zero-order valence-electron chi connectivity index (χ0n) is 58.3. The van der Waals surface area contributed by atoms with E-state index in [1.165, 1.54) is 36.4 Å². The average Bonchev–Trinajstić information content (AvgIpc) is 1.51. The molecule has 0 spiro atoms. The Labute approximate surface area is 632 Å². The minimum absolute atomic E-state index is 0.118. The van der Waals surface area contributed by atoms with Crippen molar-refractivity contribution in [2.24, 2.45) is 0 Å². The van der Waals surface area contributed by atoms with Crippen LogP contribution in [0, 0.1) is 45.3 Å². The van der Waals surface area contributed by atoms with Crippen LogP contribution < -0.4 is 0 Å². The van der Waals surface area contributed by atoms with Crippen molar-refractivity contribution < 1.29 is 76.4 Å². The van der Waals surface area contributed by atoms with E-state index in [0.717, 1.165) is 36.4 Å². The molecule has 0 aliphatic heterocycles. The van der Waals surface area contributed by atoms with Gasteiger partial charge in [0.15, 0.2) is 23.1 Å². The molecule has 0 atom stereocenters. The van der Waals surface area contributed by atoms with E-state index in [1.807, 2.05) is 24.3 Å². The summed E-state index contributed by atoms with van der Waals surface area (Å²) >= 11 is 0. The number of allylic oxidation sites excluding steroid dienone is 4.